The van der Waals surface area contributed by atoms with Gasteiger partial charge in [0, 0.05) is 11.6 Å². The number of rotatable bonds is 4. The molecule has 1 heterocycles. The van der Waals surface area contributed by atoms with Crippen molar-refractivity contribution in [3.63, 3.8) is 0 Å². The predicted molar refractivity (Wildman–Crippen MR) is 79.5 cm³/mol. The zero-order chi connectivity index (χ0) is 14.5. The number of benzene rings is 1. The van der Waals surface area contributed by atoms with Gasteiger partial charge in [-0.2, -0.15) is 0 Å². The first-order valence-electron chi connectivity index (χ1n) is 7.18. The van der Waals surface area contributed by atoms with E-state index in [9.17, 15) is 9.59 Å². The molecule has 4 heteroatoms. The first-order chi connectivity index (χ1) is 9.58. The zero-order valence-electron chi connectivity index (χ0n) is 12.1. The highest BCUT2D eigenvalue weighted by molar-refractivity contribution is 5.94. The van der Waals surface area contributed by atoms with Crippen LogP contribution in [-0.4, -0.2) is 35.7 Å². The van der Waals surface area contributed by atoms with Crippen LogP contribution in [0.4, 0.5) is 5.69 Å². The summed E-state index contributed by atoms with van der Waals surface area (Å²) in [5.41, 5.74) is 0.822. The Balaban J connectivity index is 1.87. The molecule has 1 aromatic rings. The SMILES string of the molecule is CC(=O)C1CCN(C(C)C(=O)Nc2ccccc2)CC1. The Hall–Kier alpha value is -1.68. The average Bonchev–Trinajstić information content (AvgIpc) is 2.47. The van der Waals surface area contributed by atoms with E-state index in [1.54, 1.807) is 6.92 Å². The summed E-state index contributed by atoms with van der Waals surface area (Å²) in [7, 11) is 0. The average molecular weight is 274 g/mol. The van der Waals surface area contributed by atoms with Crippen LogP contribution in [0.3, 0.4) is 0 Å². The third-order valence-corrected chi connectivity index (χ3v) is 4.07. The molecule has 0 saturated carbocycles. The van der Waals surface area contributed by atoms with E-state index in [4.69, 9.17) is 0 Å². The normalized spacial score (nSPS) is 18.5. The largest absolute Gasteiger partial charge is 0.325 e. The van der Waals surface area contributed by atoms with Gasteiger partial charge in [0.25, 0.3) is 0 Å². The molecule has 0 bridgehead atoms. The topological polar surface area (TPSA) is 49.4 Å². The van der Waals surface area contributed by atoms with Crippen molar-refractivity contribution in [1.29, 1.82) is 0 Å². The molecule has 1 saturated heterocycles. The second-order valence-corrected chi connectivity index (χ2v) is 5.45. The Bertz CT molecular complexity index is 465. The predicted octanol–water partition coefficient (Wildman–Crippen LogP) is 2.31. The van der Waals surface area contributed by atoms with Gasteiger partial charge < -0.3 is 5.32 Å². The van der Waals surface area contributed by atoms with Gasteiger partial charge in [0.05, 0.1) is 6.04 Å². The van der Waals surface area contributed by atoms with Gasteiger partial charge in [-0.25, -0.2) is 0 Å². The third-order valence-electron chi connectivity index (χ3n) is 4.07. The van der Waals surface area contributed by atoms with Crippen LogP contribution in [0.1, 0.15) is 26.7 Å². The van der Waals surface area contributed by atoms with Gasteiger partial charge in [0.1, 0.15) is 5.78 Å². The number of likely N-dealkylation sites (tertiary alicyclic amines) is 1. The number of carbonyl (C=O) groups is 2. The number of carbonyl (C=O) groups excluding carboxylic acids is 2. The number of hydrogen-bond acceptors (Lipinski definition) is 3. The Kier molecular flexibility index (Phi) is 4.90. The summed E-state index contributed by atoms with van der Waals surface area (Å²) in [4.78, 5) is 25.7. The van der Waals surface area contributed by atoms with Crippen LogP contribution in [-0.2, 0) is 9.59 Å². The molecule has 0 spiro atoms. The number of nitrogens with one attached hydrogen (secondary N) is 1. The van der Waals surface area contributed by atoms with Gasteiger partial charge in [-0.05, 0) is 51.9 Å². The molecule has 4 nitrogen and oxygen atoms in total. The van der Waals surface area contributed by atoms with E-state index in [0.717, 1.165) is 31.6 Å². The number of amides is 1. The molecule has 20 heavy (non-hydrogen) atoms. The number of anilines is 1. The van der Waals surface area contributed by atoms with E-state index < -0.39 is 0 Å². The van der Waals surface area contributed by atoms with E-state index in [2.05, 4.69) is 10.2 Å². The molecule has 0 aliphatic carbocycles. The van der Waals surface area contributed by atoms with E-state index in [0.29, 0.717) is 0 Å². The van der Waals surface area contributed by atoms with Crippen LogP contribution in [0.25, 0.3) is 0 Å². The zero-order valence-corrected chi connectivity index (χ0v) is 12.1. The first kappa shape index (κ1) is 14.7. The second-order valence-electron chi connectivity index (χ2n) is 5.45. The molecule has 1 N–H and O–H groups in total. The molecule has 1 aromatic carbocycles. The highest BCUT2D eigenvalue weighted by atomic mass is 16.2. The molecule has 1 fully saturated rings. The number of Topliss-reactive ketones (excluding diaryl/α,β-unsaturated/α-hetero) is 1. The Morgan fingerprint density at radius 1 is 1.20 bits per heavy atom. The summed E-state index contributed by atoms with van der Waals surface area (Å²) in [5.74, 6) is 0.458. The van der Waals surface area contributed by atoms with Crippen molar-refractivity contribution in [3.8, 4) is 0 Å². The van der Waals surface area contributed by atoms with E-state index in [-0.39, 0.29) is 23.7 Å². The highest BCUT2D eigenvalue weighted by Crippen LogP contribution is 2.20. The number of piperidine rings is 1. The van der Waals surface area contributed by atoms with E-state index in [1.165, 1.54) is 0 Å². The third kappa shape index (κ3) is 3.67. The first-order valence-corrected chi connectivity index (χ1v) is 7.18. The van der Waals surface area contributed by atoms with Crippen molar-refractivity contribution in [2.75, 3.05) is 18.4 Å². The maximum Gasteiger partial charge on any atom is 0.241 e. The molecule has 1 unspecified atom stereocenters. The van der Waals surface area contributed by atoms with Gasteiger partial charge >= 0.3 is 0 Å². The summed E-state index contributed by atoms with van der Waals surface area (Å²) in [6.07, 6.45) is 1.72. The number of ketones is 1. The van der Waals surface area contributed by atoms with Crippen molar-refractivity contribution in [1.82, 2.24) is 4.90 Å². The molecule has 1 aliphatic heterocycles. The summed E-state index contributed by atoms with van der Waals surface area (Å²) < 4.78 is 0. The van der Waals surface area contributed by atoms with Crippen LogP contribution in [0.2, 0.25) is 0 Å². The monoisotopic (exact) mass is 274 g/mol. The molecule has 0 radical (unpaired) electrons. The molecular formula is C16H22N2O2. The lowest BCUT2D eigenvalue weighted by Gasteiger charge is -2.34. The summed E-state index contributed by atoms with van der Waals surface area (Å²) >= 11 is 0. The van der Waals surface area contributed by atoms with Crippen molar-refractivity contribution in [2.45, 2.75) is 32.7 Å². The highest BCUT2D eigenvalue weighted by Gasteiger charge is 2.28. The lowest BCUT2D eigenvalue weighted by atomic mass is 9.92. The van der Waals surface area contributed by atoms with E-state index >= 15 is 0 Å². The smallest absolute Gasteiger partial charge is 0.241 e. The van der Waals surface area contributed by atoms with Crippen molar-refractivity contribution >= 4 is 17.4 Å². The number of nitrogens with zero attached hydrogens (tertiary/aromatic N) is 1. The van der Waals surface area contributed by atoms with Crippen molar-refractivity contribution < 1.29 is 9.59 Å². The van der Waals surface area contributed by atoms with Gasteiger partial charge in [-0.3, -0.25) is 14.5 Å². The molecule has 0 aromatic heterocycles. The lowest BCUT2D eigenvalue weighted by molar-refractivity contribution is -0.123. The van der Waals surface area contributed by atoms with Crippen molar-refractivity contribution in [2.24, 2.45) is 5.92 Å². The molecule has 108 valence electrons. The maximum absolute atomic E-state index is 12.2. The van der Waals surface area contributed by atoms with Crippen LogP contribution in [0.15, 0.2) is 30.3 Å². The summed E-state index contributed by atoms with van der Waals surface area (Å²) in [6.45, 7) is 5.21. The van der Waals surface area contributed by atoms with Crippen LogP contribution < -0.4 is 5.32 Å². The Morgan fingerprint density at radius 2 is 1.80 bits per heavy atom. The van der Waals surface area contributed by atoms with Gasteiger partial charge in [0.15, 0.2) is 0 Å². The molecule has 1 amide bonds. The minimum absolute atomic E-state index is 0.0116. The maximum atomic E-state index is 12.2. The van der Waals surface area contributed by atoms with Crippen LogP contribution >= 0.6 is 0 Å². The van der Waals surface area contributed by atoms with E-state index in [1.807, 2.05) is 37.3 Å². The van der Waals surface area contributed by atoms with Gasteiger partial charge in [0.2, 0.25) is 5.91 Å². The molecular weight excluding hydrogens is 252 g/mol. The second kappa shape index (κ2) is 6.66. The molecule has 1 atom stereocenters. The molecule has 2 rings (SSSR count). The number of hydrogen-bond donors (Lipinski definition) is 1. The summed E-state index contributed by atoms with van der Waals surface area (Å²) in [6, 6.07) is 9.32. The summed E-state index contributed by atoms with van der Waals surface area (Å²) in [5, 5.41) is 2.93. The fraction of sp³-hybridized carbons (Fsp3) is 0.500. The standard InChI is InChI=1S/C16H22N2O2/c1-12(16(20)17-15-6-4-3-5-7-15)18-10-8-14(9-11-18)13(2)19/h3-7,12,14H,8-11H2,1-2H3,(H,17,20). The number of para-hydroxylation sites is 1. The fourth-order valence-corrected chi connectivity index (χ4v) is 2.63. The fourth-order valence-electron chi connectivity index (χ4n) is 2.63. The Morgan fingerprint density at radius 3 is 2.35 bits per heavy atom. The Labute approximate surface area is 120 Å². The minimum Gasteiger partial charge on any atom is -0.325 e. The molecule has 1 aliphatic rings. The van der Waals surface area contributed by atoms with Gasteiger partial charge in [-0.15, -0.1) is 0 Å². The lowest BCUT2D eigenvalue weighted by Crippen LogP contribution is -2.46. The van der Waals surface area contributed by atoms with Crippen LogP contribution in [0.5, 0.6) is 0 Å². The van der Waals surface area contributed by atoms with Crippen LogP contribution in [0, 0.1) is 5.92 Å². The van der Waals surface area contributed by atoms with Crippen molar-refractivity contribution in [3.05, 3.63) is 30.3 Å². The quantitative estimate of drug-likeness (QED) is 0.916. The van der Waals surface area contributed by atoms with Gasteiger partial charge in [-0.1, -0.05) is 18.2 Å². The minimum atomic E-state index is -0.164.